The second kappa shape index (κ2) is 6.76. The van der Waals surface area contributed by atoms with E-state index in [4.69, 9.17) is 14.2 Å². The van der Waals surface area contributed by atoms with Gasteiger partial charge in [0.05, 0.1) is 26.8 Å². The molecule has 0 aliphatic rings. The number of methoxy groups -OCH3 is 3. The smallest absolute Gasteiger partial charge is 0.272 e. The third-order valence-corrected chi connectivity index (χ3v) is 4.12. The molecule has 0 bridgehead atoms. The Morgan fingerprint density at radius 1 is 0.960 bits per heavy atom. The van der Waals surface area contributed by atoms with Gasteiger partial charge in [-0.3, -0.25) is 4.79 Å². The molecule has 6 nitrogen and oxygen atoms in total. The van der Waals surface area contributed by atoms with Crippen LogP contribution in [0.5, 0.6) is 17.2 Å². The zero-order chi connectivity index (χ0) is 18.0. The Morgan fingerprint density at radius 3 is 2.36 bits per heavy atom. The molecule has 0 saturated heterocycles. The molecule has 25 heavy (non-hydrogen) atoms. The number of carbonyl (C=O) groups excluding carboxylic acids is 1. The van der Waals surface area contributed by atoms with Crippen LogP contribution in [0.25, 0.3) is 10.9 Å². The highest BCUT2D eigenvalue weighted by Gasteiger charge is 2.19. The Balaban J connectivity index is 2.03. The summed E-state index contributed by atoms with van der Waals surface area (Å²) in [5.74, 6) is 1.82. The molecule has 0 radical (unpaired) electrons. The molecule has 0 spiro atoms. The number of aryl methyl sites for hydroxylation is 1. The van der Waals surface area contributed by atoms with Crippen LogP contribution in [0.1, 0.15) is 10.5 Å². The Bertz CT molecular complexity index is 931. The number of aromatic nitrogens is 1. The van der Waals surface area contributed by atoms with Gasteiger partial charge in [0.1, 0.15) is 22.9 Å². The predicted octanol–water partition coefficient (Wildman–Crippen LogP) is 3.46. The Kier molecular flexibility index (Phi) is 4.52. The Morgan fingerprint density at radius 2 is 1.68 bits per heavy atom. The van der Waals surface area contributed by atoms with Crippen molar-refractivity contribution in [2.45, 2.75) is 0 Å². The molecule has 130 valence electrons. The van der Waals surface area contributed by atoms with Gasteiger partial charge < -0.3 is 24.1 Å². The summed E-state index contributed by atoms with van der Waals surface area (Å²) in [5.41, 5.74) is 1.96. The van der Waals surface area contributed by atoms with Gasteiger partial charge in [-0.2, -0.15) is 0 Å². The molecular weight excluding hydrogens is 320 g/mol. The molecular formula is C19H20N2O4. The lowest BCUT2D eigenvalue weighted by molar-refractivity contribution is 0.102. The van der Waals surface area contributed by atoms with Gasteiger partial charge in [0.2, 0.25) is 0 Å². The van der Waals surface area contributed by atoms with Crippen LogP contribution in [-0.4, -0.2) is 31.8 Å². The third kappa shape index (κ3) is 2.98. The van der Waals surface area contributed by atoms with E-state index in [0.29, 0.717) is 28.6 Å². The van der Waals surface area contributed by atoms with E-state index in [9.17, 15) is 4.79 Å². The average molecular weight is 340 g/mol. The van der Waals surface area contributed by atoms with E-state index in [0.717, 1.165) is 10.9 Å². The van der Waals surface area contributed by atoms with Crippen molar-refractivity contribution >= 4 is 22.5 Å². The lowest BCUT2D eigenvalue weighted by Crippen LogP contribution is -2.15. The van der Waals surface area contributed by atoms with Gasteiger partial charge in [-0.15, -0.1) is 0 Å². The number of hydrogen-bond acceptors (Lipinski definition) is 4. The first-order valence-corrected chi connectivity index (χ1v) is 7.75. The van der Waals surface area contributed by atoms with Crippen molar-refractivity contribution < 1.29 is 19.0 Å². The highest BCUT2D eigenvalue weighted by Crippen LogP contribution is 2.35. The average Bonchev–Trinajstić information content (AvgIpc) is 2.99. The van der Waals surface area contributed by atoms with Crippen LogP contribution in [0, 0.1) is 0 Å². The van der Waals surface area contributed by atoms with Crippen molar-refractivity contribution in [2.24, 2.45) is 7.05 Å². The lowest BCUT2D eigenvalue weighted by atomic mass is 10.2. The monoisotopic (exact) mass is 340 g/mol. The lowest BCUT2D eigenvalue weighted by Gasteiger charge is -2.10. The molecule has 2 aromatic carbocycles. The van der Waals surface area contributed by atoms with Gasteiger partial charge in [0.15, 0.2) is 0 Å². The summed E-state index contributed by atoms with van der Waals surface area (Å²) in [6.07, 6.45) is 0. The van der Waals surface area contributed by atoms with E-state index in [2.05, 4.69) is 5.32 Å². The van der Waals surface area contributed by atoms with Crippen molar-refractivity contribution in [3.63, 3.8) is 0 Å². The van der Waals surface area contributed by atoms with Crippen LogP contribution >= 0.6 is 0 Å². The molecule has 3 rings (SSSR count). The highest BCUT2D eigenvalue weighted by molar-refractivity contribution is 6.08. The first-order valence-electron chi connectivity index (χ1n) is 7.75. The fourth-order valence-corrected chi connectivity index (χ4v) is 2.87. The van der Waals surface area contributed by atoms with Gasteiger partial charge in [-0.05, 0) is 30.3 Å². The SMILES string of the molecule is COc1cccc(NC(=O)c2cc3c(OC)ccc(OC)c3n2C)c1. The molecule has 0 unspecified atom stereocenters. The number of amides is 1. The van der Waals surface area contributed by atoms with Crippen LogP contribution in [0.4, 0.5) is 5.69 Å². The van der Waals surface area contributed by atoms with Crippen molar-refractivity contribution in [3.05, 3.63) is 48.2 Å². The minimum Gasteiger partial charge on any atom is -0.497 e. The second-order valence-corrected chi connectivity index (χ2v) is 5.51. The van der Waals surface area contributed by atoms with Gasteiger partial charge >= 0.3 is 0 Å². The predicted molar refractivity (Wildman–Crippen MR) is 97.0 cm³/mol. The molecule has 0 aliphatic heterocycles. The molecule has 1 aromatic heterocycles. The normalized spacial score (nSPS) is 10.6. The quantitative estimate of drug-likeness (QED) is 0.773. The topological polar surface area (TPSA) is 61.7 Å². The fourth-order valence-electron chi connectivity index (χ4n) is 2.87. The molecule has 0 fully saturated rings. The van der Waals surface area contributed by atoms with Crippen LogP contribution in [0.2, 0.25) is 0 Å². The number of nitrogens with one attached hydrogen (secondary N) is 1. The molecule has 1 heterocycles. The van der Waals surface area contributed by atoms with Crippen molar-refractivity contribution in [3.8, 4) is 17.2 Å². The van der Waals surface area contributed by atoms with Crippen molar-refractivity contribution in [2.75, 3.05) is 26.6 Å². The standard InChI is InChI=1S/C19H20N2O4/c1-21-15(19(22)20-12-6-5-7-13(10-12)23-2)11-14-16(24-3)8-9-17(25-4)18(14)21/h5-11H,1-4H3,(H,20,22). The van der Waals surface area contributed by atoms with Gasteiger partial charge in [-0.1, -0.05) is 6.07 Å². The van der Waals surface area contributed by atoms with Crippen LogP contribution < -0.4 is 19.5 Å². The van der Waals surface area contributed by atoms with Crippen LogP contribution in [0.3, 0.4) is 0 Å². The summed E-state index contributed by atoms with van der Waals surface area (Å²) in [5, 5.41) is 3.71. The number of ether oxygens (including phenoxy) is 3. The van der Waals surface area contributed by atoms with E-state index in [1.165, 1.54) is 0 Å². The second-order valence-electron chi connectivity index (χ2n) is 5.51. The zero-order valence-corrected chi connectivity index (χ0v) is 14.6. The summed E-state index contributed by atoms with van der Waals surface area (Å²) in [6, 6.07) is 12.7. The number of hydrogen-bond donors (Lipinski definition) is 1. The van der Waals surface area contributed by atoms with Crippen molar-refractivity contribution in [1.82, 2.24) is 4.57 Å². The van der Waals surface area contributed by atoms with Crippen LogP contribution in [0.15, 0.2) is 42.5 Å². The maximum absolute atomic E-state index is 12.7. The number of benzene rings is 2. The van der Waals surface area contributed by atoms with E-state index < -0.39 is 0 Å². The maximum Gasteiger partial charge on any atom is 0.272 e. The number of rotatable bonds is 5. The molecule has 0 atom stereocenters. The van der Waals surface area contributed by atoms with Crippen LogP contribution in [-0.2, 0) is 7.05 Å². The van der Waals surface area contributed by atoms with E-state index in [1.54, 1.807) is 38.0 Å². The van der Waals surface area contributed by atoms with Gasteiger partial charge in [0, 0.05) is 24.2 Å². The number of carbonyl (C=O) groups is 1. The largest absolute Gasteiger partial charge is 0.497 e. The van der Waals surface area contributed by atoms with Crippen molar-refractivity contribution in [1.29, 1.82) is 0 Å². The minimum atomic E-state index is -0.226. The summed E-state index contributed by atoms with van der Waals surface area (Å²) in [6.45, 7) is 0. The first kappa shape index (κ1) is 16.7. The maximum atomic E-state index is 12.7. The summed E-state index contributed by atoms with van der Waals surface area (Å²) < 4.78 is 17.8. The number of anilines is 1. The highest BCUT2D eigenvalue weighted by atomic mass is 16.5. The van der Waals surface area contributed by atoms with E-state index in [1.807, 2.05) is 37.4 Å². The molecule has 0 aliphatic carbocycles. The first-order chi connectivity index (χ1) is 12.1. The minimum absolute atomic E-state index is 0.226. The summed E-state index contributed by atoms with van der Waals surface area (Å²) in [4.78, 5) is 12.7. The number of fused-ring (bicyclic) bond motifs is 1. The summed E-state index contributed by atoms with van der Waals surface area (Å²) in [7, 11) is 6.61. The van der Waals surface area contributed by atoms with E-state index >= 15 is 0 Å². The Hall–Kier alpha value is -3.15. The molecule has 3 aromatic rings. The molecule has 0 saturated carbocycles. The summed E-state index contributed by atoms with van der Waals surface area (Å²) >= 11 is 0. The number of nitrogens with zero attached hydrogens (tertiary/aromatic N) is 1. The zero-order valence-electron chi connectivity index (χ0n) is 14.6. The molecule has 1 N–H and O–H groups in total. The Labute approximate surface area is 145 Å². The molecule has 6 heteroatoms. The van der Waals surface area contributed by atoms with Gasteiger partial charge in [0.25, 0.3) is 5.91 Å². The molecule has 1 amide bonds. The fraction of sp³-hybridized carbons (Fsp3) is 0.211. The third-order valence-electron chi connectivity index (χ3n) is 4.12. The van der Waals surface area contributed by atoms with Gasteiger partial charge in [-0.25, -0.2) is 0 Å². The van der Waals surface area contributed by atoms with E-state index in [-0.39, 0.29) is 5.91 Å².